The van der Waals surface area contributed by atoms with Crippen LogP contribution in [-0.2, 0) is 10.2 Å². The van der Waals surface area contributed by atoms with E-state index in [0.717, 1.165) is 25.9 Å². The molecule has 0 amide bonds. The first kappa shape index (κ1) is 16.8. The second kappa shape index (κ2) is 8.16. The minimum absolute atomic E-state index is 0.491. The van der Waals surface area contributed by atoms with E-state index in [1.54, 1.807) is 7.05 Å². The Morgan fingerprint density at radius 2 is 1.68 bits per heavy atom. The predicted molar refractivity (Wildman–Crippen MR) is 78.4 cm³/mol. The molecular weight excluding hydrogens is 264 g/mol. The van der Waals surface area contributed by atoms with Gasteiger partial charge in [0, 0.05) is 26.2 Å². The molecule has 0 saturated heterocycles. The van der Waals surface area contributed by atoms with Gasteiger partial charge in [0.15, 0.2) is 0 Å². The lowest BCUT2D eigenvalue weighted by Crippen LogP contribution is -2.40. The van der Waals surface area contributed by atoms with E-state index in [1.807, 2.05) is 19.0 Å². The Kier molecular flexibility index (Phi) is 7.23. The van der Waals surface area contributed by atoms with Gasteiger partial charge in [0.2, 0.25) is 0 Å². The standard InChI is InChI=1S/C12H28N4O2S/c1-15(2)10-5-9-14-19(17,18)16(3)11-4-8-13-12-6-7-12/h12-14H,4-11H2,1-3H3. The smallest absolute Gasteiger partial charge is 0.279 e. The van der Waals surface area contributed by atoms with Crippen LogP contribution < -0.4 is 10.0 Å². The SMILES string of the molecule is CN(C)CCCNS(=O)(=O)N(C)CCCNC1CC1. The molecule has 1 fully saturated rings. The number of rotatable bonds is 11. The molecule has 1 aliphatic carbocycles. The van der Waals surface area contributed by atoms with E-state index in [0.29, 0.717) is 19.1 Å². The van der Waals surface area contributed by atoms with E-state index in [4.69, 9.17) is 0 Å². The Balaban J connectivity index is 2.10. The van der Waals surface area contributed by atoms with E-state index < -0.39 is 10.2 Å². The summed E-state index contributed by atoms with van der Waals surface area (Å²) >= 11 is 0. The molecule has 2 N–H and O–H groups in total. The molecule has 0 aliphatic heterocycles. The maximum absolute atomic E-state index is 11.9. The van der Waals surface area contributed by atoms with Crippen molar-refractivity contribution in [2.24, 2.45) is 0 Å². The molecule has 0 bridgehead atoms. The maximum Gasteiger partial charge on any atom is 0.279 e. The lowest BCUT2D eigenvalue weighted by atomic mass is 10.4. The van der Waals surface area contributed by atoms with E-state index in [9.17, 15) is 8.42 Å². The summed E-state index contributed by atoms with van der Waals surface area (Å²) in [5, 5.41) is 3.38. The van der Waals surface area contributed by atoms with Crippen LogP contribution in [0.4, 0.5) is 0 Å². The first-order valence-corrected chi connectivity index (χ1v) is 8.45. The highest BCUT2D eigenvalue weighted by atomic mass is 32.2. The molecular formula is C12H28N4O2S. The number of hydrogen-bond acceptors (Lipinski definition) is 4. The van der Waals surface area contributed by atoms with Gasteiger partial charge in [0.05, 0.1) is 0 Å². The van der Waals surface area contributed by atoms with Crippen LogP contribution >= 0.6 is 0 Å². The maximum atomic E-state index is 11.9. The molecule has 0 aromatic rings. The van der Waals surface area contributed by atoms with Crippen LogP contribution in [-0.4, -0.2) is 71.0 Å². The van der Waals surface area contributed by atoms with Gasteiger partial charge in [-0.15, -0.1) is 0 Å². The van der Waals surface area contributed by atoms with Crippen LogP contribution in [0, 0.1) is 0 Å². The molecule has 0 atom stereocenters. The van der Waals surface area contributed by atoms with E-state index >= 15 is 0 Å². The summed E-state index contributed by atoms with van der Waals surface area (Å²) in [5.74, 6) is 0. The Morgan fingerprint density at radius 1 is 1.05 bits per heavy atom. The molecule has 1 saturated carbocycles. The molecule has 0 spiro atoms. The van der Waals surface area contributed by atoms with Gasteiger partial charge in [0.1, 0.15) is 0 Å². The fourth-order valence-corrected chi connectivity index (χ4v) is 2.71. The summed E-state index contributed by atoms with van der Waals surface area (Å²) in [6, 6.07) is 0.686. The number of hydrogen-bond donors (Lipinski definition) is 2. The van der Waals surface area contributed by atoms with Gasteiger partial charge >= 0.3 is 0 Å². The van der Waals surface area contributed by atoms with E-state index in [-0.39, 0.29) is 0 Å². The highest BCUT2D eigenvalue weighted by Crippen LogP contribution is 2.18. The largest absolute Gasteiger partial charge is 0.314 e. The van der Waals surface area contributed by atoms with Crippen molar-refractivity contribution in [2.75, 3.05) is 47.3 Å². The fraction of sp³-hybridized carbons (Fsp3) is 1.00. The average Bonchev–Trinajstić information content (AvgIpc) is 3.13. The van der Waals surface area contributed by atoms with Crippen LogP contribution in [0.5, 0.6) is 0 Å². The van der Waals surface area contributed by atoms with Gasteiger partial charge < -0.3 is 10.2 Å². The summed E-state index contributed by atoms with van der Waals surface area (Å²) in [6.07, 6.45) is 4.21. The van der Waals surface area contributed by atoms with Crippen LogP contribution in [0.2, 0.25) is 0 Å². The first-order valence-electron chi connectivity index (χ1n) is 7.01. The van der Waals surface area contributed by atoms with Crippen molar-refractivity contribution >= 4 is 10.2 Å². The van der Waals surface area contributed by atoms with E-state index in [1.165, 1.54) is 17.1 Å². The van der Waals surface area contributed by atoms with Crippen LogP contribution in [0.15, 0.2) is 0 Å². The summed E-state index contributed by atoms with van der Waals surface area (Å²) in [6.45, 7) is 2.83. The Bertz CT molecular complexity index is 342. The molecule has 7 heteroatoms. The number of nitrogens with one attached hydrogen (secondary N) is 2. The second-order valence-electron chi connectivity index (χ2n) is 5.46. The molecule has 114 valence electrons. The van der Waals surface area contributed by atoms with Crippen molar-refractivity contribution in [3.8, 4) is 0 Å². The van der Waals surface area contributed by atoms with Crippen LogP contribution in [0.25, 0.3) is 0 Å². The third-order valence-corrected chi connectivity index (χ3v) is 4.71. The highest BCUT2D eigenvalue weighted by Gasteiger charge is 2.20. The van der Waals surface area contributed by atoms with Crippen molar-refractivity contribution in [3.63, 3.8) is 0 Å². The minimum Gasteiger partial charge on any atom is -0.314 e. The van der Waals surface area contributed by atoms with Crippen molar-refractivity contribution in [3.05, 3.63) is 0 Å². The molecule has 0 aromatic heterocycles. The quantitative estimate of drug-likeness (QED) is 0.520. The third-order valence-electron chi connectivity index (χ3n) is 3.14. The zero-order chi connectivity index (χ0) is 14.3. The molecule has 6 nitrogen and oxygen atoms in total. The molecule has 1 aliphatic rings. The summed E-state index contributed by atoms with van der Waals surface area (Å²) in [5.41, 5.74) is 0. The summed E-state index contributed by atoms with van der Waals surface area (Å²) in [7, 11) is 2.28. The fourth-order valence-electron chi connectivity index (χ4n) is 1.72. The van der Waals surface area contributed by atoms with Crippen molar-refractivity contribution < 1.29 is 8.42 Å². The lowest BCUT2D eigenvalue weighted by molar-refractivity contribution is 0.396. The summed E-state index contributed by atoms with van der Waals surface area (Å²) in [4.78, 5) is 2.04. The first-order chi connectivity index (χ1) is 8.92. The second-order valence-corrected chi connectivity index (χ2v) is 7.32. The molecule has 0 aromatic carbocycles. The normalized spacial score (nSPS) is 16.5. The molecule has 0 radical (unpaired) electrons. The topological polar surface area (TPSA) is 64.7 Å². The zero-order valence-electron chi connectivity index (χ0n) is 12.4. The Morgan fingerprint density at radius 3 is 2.26 bits per heavy atom. The van der Waals surface area contributed by atoms with Crippen molar-refractivity contribution in [1.82, 2.24) is 19.2 Å². The highest BCUT2D eigenvalue weighted by molar-refractivity contribution is 7.87. The third kappa shape index (κ3) is 7.84. The Hall–Kier alpha value is -0.210. The minimum atomic E-state index is -3.31. The van der Waals surface area contributed by atoms with Gasteiger partial charge in [-0.3, -0.25) is 0 Å². The Labute approximate surface area is 117 Å². The van der Waals surface area contributed by atoms with Gasteiger partial charge in [-0.2, -0.15) is 12.7 Å². The molecule has 1 rings (SSSR count). The van der Waals surface area contributed by atoms with Gasteiger partial charge in [-0.25, -0.2) is 4.72 Å². The van der Waals surface area contributed by atoms with Crippen LogP contribution in [0.3, 0.4) is 0 Å². The van der Waals surface area contributed by atoms with Crippen molar-refractivity contribution in [2.45, 2.75) is 31.7 Å². The van der Waals surface area contributed by atoms with Gasteiger partial charge in [0.25, 0.3) is 10.2 Å². The van der Waals surface area contributed by atoms with Gasteiger partial charge in [-0.1, -0.05) is 0 Å². The molecule has 19 heavy (non-hydrogen) atoms. The average molecular weight is 292 g/mol. The lowest BCUT2D eigenvalue weighted by Gasteiger charge is -2.18. The van der Waals surface area contributed by atoms with E-state index in [2.05, 4.69) is 10.0 Å². The predicted octanol–water partition coefficient (Wildman–Crippen LogP) is -0.154. The number of nitrogens with zero attached hydrogens (tertiary/aromatic N) is 2. The van der Waals surface area contributed by atoms with Crippen LogP contribution in [0.1, 0.15) is 25.7 Å². The van der Waals surface area contributed by atoms with Gasteiger partial charge in [-0.05, 0) is 52.9 Å². The zero-order valence-corrected chi connectivity index (χ0v) is 13.2. The summed E-state index contributed by atoms with van der Waals surface area (Å²) < 4.78 is 27.8. The molecule has 0 unspecified atom stereocenters. The monoisotopic (exact) mass is 292 g/mol. The van der Waals surface area contributed by atoms with Crippen molar-refractivity contribution in [1.29, 1.82) is 0 Å². The molecule has 0 heterocycles.